The molecule has 3 N–H and O–H groups in total. The first-order valence-corrected chi connectivity index (χ1v) is 7.72. The molecule has 0 aliphatic rings. The van der Waals surface area contributed by atoms with Crippen LogP contribution in [-0.4, -0.2) is 40.5 Å². The van der Waals surface area contributed by atoms with Crippen molar-refractivity contribution in [3.05, 3.63) is 0 Å². The van der Waals surface area contributed by atoms with Crippen LogP contribution in [0, 0.1) is 11.3 Å². The standard InChI is InChI=1S/C16H32N2O3/c1-7-18(16(5,6)14(20)21)13(19)9-8-12(10-11-17)15(2,3)4/h12H,7-11,17H2,1-6H3,(H,20,21). The molecule has 124 valence electrons. The fourth-order valence-corrected chi connectivity index (χ4v) is 2.64. The van der Waals surface area contributed by atoms with Crippen LogP contribution < -0.4 is 5.73 Å². The molecule has 5 nitrogen and oxygen atoms in total. The Morgan fingerprint density at radius 1 is 1.14 bits per heavy atom. The lowest BCUT2D eigenvalue weighted by Gasteiger charge is -2.36. The number of amides is 1. The Balaban J connectivity index is 4.83. The number of aliphatic carboxylic acids is 1. The lowest BCUT2D eigenvalue weighted by Crippen LogP contribution is -2.53. The van der Waals surface area contributed by atoms with Crippen molar-refractivity contribution in [1.29, 1.82) is 0 Å². The first-order valence-electron chi connectivity index (χ1n) is 7.72. The lowest BCUT2D eigenvalue weighted by atomic mass is 9.76. The van der Waals surface area contributed by atoms with Gasteiger partial charge in [-0.15, -0.1) is 0 Å². The minimum atomic E-state index is -1.17. The van der Waals surface area contributed by atoms with Crippen LogP contribution in [0.5, 0.6) is 0 Å². The van der Waals surface area contributed by atoms with Crippen molar-refractivity contribution < 1.29 is 14.7 Å². The zero-order valence-electron chi connectivity index (χ0n) is 14.4. The number of carbonyl (C=O) groups is 2. The van der Waals surface area contributed by atoms with E-state index in [4.69, 9.17) is 5.73 Å². The highest BCUT2D eigenvalue weighted by Gasteiger charge is 2.37. The second kappa shape index (κ2) is 7.78. The lowest BCUT2D eigenvalue weighted by molar-refractivity contribution is -0.156. The summed E-state index contributed by atoms with van der Waals surface area (Å²) >= 11 is 0. The van der Waals surface area contributed by atoms with Crippen LogP contribution >= 0.6 is 0 Å². The predicted molar refractivity (Wildman–Crippen MR) is 85.0 cm³/mol. The number of nitrogens with zero attached hydrogens (tertiary/aromatic N) is 1. The van der Waals surface area contributed by atoms with E-state index in [9.17, 15) is 14.7 Å². The van der Waals surface area contributed by atoms with E-state index in [-0.39, 0.29) is 11.3 Å². The quantitative estimate of drug-likeness (QED) is 0.721. The first kappa shape index (κ1) is 19.9. The average molecular weight is 300 g/mol. The maximum absolute atomic E-state index is 12.4. The highest BCUT2D eigenvalue weighted by molar-refractivity contribution is 5.86. The van der Waals surface area contributed by atoms with Gasteiger partial charge in [0.2, 0.25) is 5.91 Å². The Hall–Kier alpha value is -1.10. The van der Waals surface area contributed by atoms with Crippen molar-refractivity contribution in [3.63, 3.8) is 0 Å². The van der Waals surface area contributed by atoms with Gasteiger partial charge in [-0.1, -0.05) is 20.8 Å². The molecule has 1 unspecified atom stereocenters. The second-order valence-corrected chi connectivity index (χ2v) is 7.18. The number of carbonyl (C=O) groups excluding carboxylic acids is 1. The van der Waals surface area contributed by atoms with Crippen LogP contribution in [-0.2, 0) is 9.59 Å². The average Bonchev–Trinajstić information content (AvgIpc) is 2.33. The van der Waals surface area contributed by atoms with Crippen molar-refractivity contribution in [2.24, 2.45) is 17.1 Å². The van der Waals surface area contributed by atoms with Crippen molar-refractivity contribution in [1.82, 2.24) is 4.90 Å². The number of hydrogen-bond acceptors (Lipinski definition) is 3. The third kappa shape index (κ3) is 5.65. The summed E-state index contributed by atoms with van der Waals surface area (Å²) < 4.78 is 0. The number of hydrogen-bond donors (Lipinski definition) is 2. The first-order chi connectivity index (χ1) is 9.48. The summed E-state index contributed by atoms with van der Waals surface area (Å²) in [6.07, 6.45) is 1.99. The van der Waals surface area contributed by atoms with Gasteiger partial charge in [0.15, 0.2) is 0 Å². The maximum atomic E-state index is 12.4. The van der Waals surface area contributed by atoms with Gasteiger partial charge >= 0.3 is 5.97 Å². The smallest absolute Gasteiger partial charge is 0.329 e. The van der Waals surface area contributed by atoms with Gasteiger partial charge in [0.05, 0.1) is 0 Å². The Morgan fingerprint density at radius 2 is 1.67 bits per heavy atom. The second-order valence-electron chi connectivity index (χ2n) is 7.18. The monoisotopic (exact) mass is 300 g/mol. The van der Waals surface area contributed by atoms with Crippen LogP contribution in [0.2, 0.25) is 0 Å². The van der Waals surface area contributed by atoms with Crippen LogP contribution in [0.25, 0.3) is 0 Å². The SMILES string of the molecule is CCN(C(=O)CCC(CCN)C(C)(C)C)C(C)(C)C(=O)O. The number of rotatable bonds is 8. The number of carboxylic acid groups (broad SMARTS) is 1. The molecule has 0 heterocycles. The highest BCUT2D eigenvalue weighted by Crippen LogP contribution is 2.32. The van der Waals surface area contributed by atoms with E-state index in [0.29, 0.717) is 25.4 Å². The fourth-order valence-electron chi connectivity index (χ4n) is 2.64. The molecule has 5 heteroatoms. The molecule has 0 bridgehead atoms. The van der Waals surface area contributed by atoms with E-state index >= 15 is 0 Å². The minimum Gasteiger partial charge on any atom is -0.480 e. The third-order valence-electron chi connectivity index (χ3n) is 4.26. The Kier molecular flexibility index (Phi) is 7.37. The van der Waals surface area contributed by atoms with Gasteiger partial charge in [0.25, 0.3) is 0 Å². The number of carboxylic acids is 1. The molecule has 0 aromatic carbocycles. The van der Waals surface area contributed by atoms with Crippen molar-refractivity contribution in [3.8, 4) is 0 Å². The van der Waals surface area contributed by atoms with Crippen LogP contribution in [0.1, 0.15) is 60.8 Å². The van der Waals surface area contributed by atoms with E-state index in [2.05, 4.69) is 20.8 Å². The summed E-state index contributed by atoms with van der Waals surface area (Å²) in [5, 5.41) is 9.27. The summed E-state index contributed by atoms with van der Waals surface area (Å²) in [4.78, 5) is 25.1. The molecule has 0 radical (unpaired) electrons. The van der Waals surface area contributed by atoms with Crippen molar-refractivity contribution >= 4 is 11.9 Å². The summed E-state index contributed by atoms with van der Waals surface area (Å²) in [6.45, 7) is 12.4. The molecule has 0 fully saturated rings. The van der Waals surface area contributed by atoms with Gasteiger partial charge in [-0.2, -0.15) is 0 Å². The zero-order valence-corrected chi connectivity index (χ0v) is 14.4. The van der Waals surface area contributed by atoms with E-state index < -0.39 is 11.5 Å². The molecule has 0 aromatic heterocycles. The predicted octanol–water partition coefficient (Wildman–Crippen LogP) is 2.49. The molecular weight excluding hydrogens is 268 g/mol. The molecule has 0 rings (SSSR count). The molecule has 0 saturated carbocycles. The normalized spacial score (nSPS) is 13.9. The summed E-state index contributed by atoms with van der Waals surface area (Å²) in [5.41, 5.74) is 4.58. The third-order valence-corrected chi connectivity index (χ3v) is 4.26. The summed E-state index contributed by atoms with van der Waals surface area (Å²) in [5.74, 6) is -0.721. The van der Waals surface area contributed by atoms with Crippen molar-refractivity contribution in [2.75, 3.05) is 13.1 Å². The van der Waals surface area contributed by atoms with Gasteiger partial charge in [0.1, 0.15) is 5.54 Å². The minimum absolute atomic E-state index is 0.0962. The molecule has 1 atom stereocenters. The zero-order chi connectivity index (χ0) is 16.8. The molecule has 1 amide bonds. The van der Waals surface area contributed by atoms with E-state index in [1.165, 1.54) is 4.90 Å². The van der Waals surface area contributed by atoms with Crippen LogP contribution in [0.4, 0.5) is 0 Å². The Labute approximate surface area is 128 Å². The summed E-state index contributed by atoms with van der Waals surface area (Å²) in [6, 6.07) is 0. The van der Waals surface area contributed by atoms with Crippen molar-refractivity contribution in [2.45, 2.75) is 66.3 Å². The van der Waals surface area contributed by atoms with Crippen LogP contribution in [0.3, 0.4) is 0 Å². The van der Waals surface area contributed by atoms with Gasteiger partial charge in [0, 0.05) is 13.0 Å². The number of likely N-dealkylation sites (N-methyl/N-ethyl adjacent to an activating group) is 1. The van der Waals surface area contributed by atoms with Gasteiger partial charge in [-0.25, -0.2) is 4.79 Å². The largest absolute Gasteiger partial charge is 0.480 e. The topological polar surface area (TPSA) is 83.6 Å². The van der Waals surface area contributed by atoms with E-state index in [1.54, 1.807) is 13.8 Å². The summed E-state index contributed by atoms with van der Waals surface area (Å²) in [7, 11) is 0. The molecule has 0 aromatic rings. The Morgan fingerprint density at radius 3 is 2.00 bits per heavy atom. The van der Waals surface area contributed by atoms with Gasteiger partial charge < -0.3 is 15.7 Å². The molecule has 21 heavy (non-hydrogen) atoms. The van der Waals surface area contributed by atoms with E-state index in [1.807, 2.05) is 6.92 Å². The fraction of sp³-hybridized carbons (Fsp3) is 0.875. The highest BCUT2D eigenvalue weighted by atomic mass is 16.4. The molecular formula is C16H32N2O3. The van der Waals surface area contributed by atoms with Gasteiger partial charge in [-0.05, 0) is 51.5 Å². The number of nitrogens with two attached hydrogens (primary N) is 1. The molecule has 0 saturated heterocycles. The Bertz CT molecular complexity index is 359. The molecule has 0 aliphatic heterocycles. The van der Waals surface area contributed by atoms with Gasteiger partial charge in [-0.3, -0.25) is 4.79 Å². The van der Waals surface area contributed by atoms with E-state index in [0.717, 1.165) is 12.8 Å². The maximum Gasteiger partial charge on any atom is 0.329 e. The molecule has 0 spiro atoms. The molecule has 0 aliphatic carbocycles. The van der Waals surface area contributed by atoms with Crippen LogP contribution in [0.15, 0.2) is 0 Å².